The Morgan fingerprint density at radius 1 is 0.355 bits per heavy atom. The lowest BCUT2D eigenvalue weighted by Gasteiger charge is -2.47. The first kappa shape index (κ1) is 56.7. The van der Waals surface area contributed by atoms with Crippen molar-refractivity contribution < 1.29 is 149 Å². The molecule has 0 fully saturated rings. The lowest BCUT2D eigenvalue weighted by atomic mass is 9.82. The molecule has 0 aliphatic carbocycles. The summed E-state index contributed by atoms with van der Waals surface area (Å²) in [6, 6.07) is 0. The summed E-state index contributed by atoms with van der Waals surface area (Å²) in [5.74, 6) is -142. The van der Waals surface area contributed by atoms with E-state index in [0.717, 1.165) is 0 Å². The maximum atomic E-state index is 14.2. The molecule has 0 atom stereocenters. The first-order valence-corrected chi connectivity index (χ1v) is 15.2. The van der Waals surface area contributed by atoms with Gasteiger partial charge in [-0.2, -0.15) is 145 Å². The SMILES string of the molecule is C=C[n+]1ccn(CCCCCCC(F)(F)C(F)(F)C(F)(F)C(F)(F)C(F)(F)C(F)(F)C(F)(F)C(F)(F)C(F)(F)C(F)(F)C(F)(F)C(F)(F)C(F)(F)C(F)(F)C(F)(F)C(F)(F)F)c1. The smallest absolute Gasteiger partial charge is 0.236 e. The Morgan fingerprint density at radius 2 is 0.613 bits per heavy atom. The van der Waals surface area contributed by atoms with Crippen molar-refractivity contribution >= 4 is 6.20 Å². The van der Waals surface area contributed by atoms with Crippen LogP contribution in [0.1, 0.15) is 32.1 Å². The van der Waals surface area contributed by atoms with E-state index in [9.17, 15) is 145 Å². The zero-order valence-corrected chi connectivity index (χ0v) is 28.6. The second-order valence-electron chi connectivity index (χ2n) is 12.7. The van der Waals surface area contributed by atoms with Crippen LogP contribution in [0.2, 0.25) is 0 Å². The highest BCUT2D eigenvalue weighted by molar-refractivity contribution is 5.22. The molecule has 0 saturated carbocycles. The fourth-order valence-corrected chi connectivity index (χ4v) is 4.58. The topological polar surface area (TPSA) is 8.81 Å². The van der Waals surface area contributed by atoms with Crippen LogP contribution in [0.3, 0.4) is 0 Å². The minimum absolute atomic E-state index is 0.0230. The third kappa shape index (κ3) is 7.53. The van der Waals surface area contributed by atoms with Gasteiger partial charge in [0.15, 0.2) is 0 Å². The first-order chi connectivity index (χ1) is 26.8. The van der Waals surface area contributed by atoms with Gasteiger partial charge in [-0.05, 0) is 19.3 Å². The number of aryl methyl sites for hydroxylation is 1. The van der Waals surface area contributed by atoms with Gasteiger partial charge in [-0.15, -0.1) is 0 Å². The van der Waals surface area contributed by atoms with Gasteiger partial charge in [-0.3, -0.25) is 0 Å². The number of nitrogens with zero attached hydrogens (tertiary/aromatic N) is 2. The normalized spacial score (nSPS) is 16.3. The van der Waals surface area contributed by atoms with Crippen LogP contribution < -0.4 is 4.57 Å². The summed E-state index contributed by atoms with van der Waals surface area (Å²) in [6.45, 7) is 3.32. The van der Waals surface area contributed by atoms with Gasteiger partial charge in [0.1, 0.15) is 12.4 Å². The van der Waals surface area contributed by atoms with Gasteiger partial charge in [-0.1, -0.05) is 13.0 Å². The molecule has 0 N–H and O–H groups in total. The average molecular weight is 997 g/mol. The molecule has 0 amide bonds. The van der Waals surface area contributed by atoms with E-state index in [4.69, 9.17) is 0 Å². The third-order valence-electron chi connectivity index (χ3n) is 8.52. The van der Waals surface area contributed by atoms with E-state index in [0.29, 0.717) is 0 Å². The minimum atomic E-state index is -10.2. The van der Waals surface area contributed by atoms with Crippen molar-refractivity contribution in [3.8, 4) is 0 Å². The molecular weight excluding hydrogens is 979 g/mol. The molecule has 2 nitrogen and oxygen atoms in total. The van der Waals surface area contributed by atoms with Crippen LogP contribution in [0, 0.1) is 0 Å². The van der Waals surface area contributed by atoms with Crippen molar-refractivity contribution in [1.82, 2.24) is 4.57 Å². The lowest BCUT2D eigenvalue weighted by Crippen LogP contribution is -2.80. The highest BCUT2D eigenvalue weighted by Gasteiger charge is 3.01. The molecule has 0 aliphatic heterocycles. The molecule has 0 bridgehead atoms. The molecule has 0 radical (unpaired) electrons. The Kier molecular flexibility index (Phi) is 14.3. The van der Waals surface area contributed by atoms with Crippen LogP contribution in [-0.2, 0) is 6.54 Å². The van der Waals surface area contributed by atoms with E-state index in [1.807, 2.05) is 0 Å². The minimum Gasteiger partial charge on any atom is -0.236 e. The van der Waals surface area contributed by atoms with Gasteiger partial charge in [0.05, 0.1) is 12.7 Å². The van der Waals surface area contributed by atoms with Crippen molar-refractivity contribution in [2.75, 3.05) is 0 Å². The quantitative estimate of drug-likeness (QED) is 0.0622. The van der Waals surface area contributed by atoms with Crippen molar-refractivity contribution in [2.24, 2.45) is 0 Å². The van der Waals surface area contributed by atoms with Crippen LogP contribution in [0.5, 0.6) is 0 Å². The predicted octanol–water partition coefficient (Wildman–Crippen LogP) is 12.9. The molecule has 0 saturated heterocycles. The summed E-state index contributed by atoms with van der Waals surface area (Å²) < 4.78 is 456. The number of aromatic nitrogens is 2. The Bertz CT molecular complexity index is 1710. The number of unbranched alkanes of at least 4 members (excludes halogenated alkanes) is 3. The van der Waals surface area contributed by atoms with E-state index < -0.39 is 114 Å². The first-order valence-electron chi connectivity index (χ1n) is 15.2. The summed E-state index contributed by atoms with van der Waals surface area (Å²) in [4.78, 5) is 0. The van der Waals surface area contributed by atoms with Crippen LogP contribution >= 0.6 is 0 Å². The van der Waals surface area contributed by atoms with Crippen molar-refractivity contribution in [3.05, 3.63) is 25.3 Å². The van der Waals surface area contributed by atoms with E-state index in [-0.39, 0.29) is 19.4 Å². The van der Waals surface area contributed by atoms with Gasteiger partial charge < -0.3 is 0 Å². The summed E-state index contributed by atoms with van der Waals surface area (Å²) in [7, 11) is 0. The molecule has 0 aliphatic rings. The number of rotatable bonds is 22. The molecular formula is C27H18F33N2+. The molecule has 1 rings (SSSR count). The Hall–Kier alpha value is -3.36. The molecule has 35 heteroatoms. The lowest BCUT2D eigenvalue weighted by molar-refractivity contribution is -0.567. The fraction of sp³-hybridized carbons (Fsp3) is 0.815. The summed E-state index contributed by atoms with van der Waals surface area (Å²) in [5.41, 5.74) is 0. The van der Waals surface area contributed by atoms with Crippen LogP contribution in [0.4, 0.5) is 145 Å². The molecule has 1 aromatic heterocycles. The van der Waals surface area contributed by atoms with Gasteiger partial charge in [0.2, 0.25) is 6.33 Å². The fourth-order valence-electron chi connectivity index (χ4n) is 4.58. The number of alkyl halides is 33. The Morgan fingerprint density at radius 3 is 0.871 bits per heavy atom. The number of halogens is 33. The van der Waals surface area contributed by atoms with Crippen LogP contribution in [0.25, 0.3) is 6.20 Å². The highest BCUT2D eigenvalue weighted by atomic mass is 19.4. The Labute approximate surface area is 320 Å². The number of hydrogen-bond donors (Lipinski definition) is 0. The predicted molar refractivity (Wildman–Crippen MR) is 134 cm³/mol. The standard InChI is InChI=1S/C27H18F33N2/c1-2-61-9-10-62(11-61)8-6-4-3-5-7-12(28,29)13(30,31)14(32,33)15(34,35)16(36,37)17(38,39)18(40,41)19(42,43)20(44,45)21(46,47)22(48,49)23(50,51)24(52,53)25(54,55)26(56,57)27(58,59)60/h2,9-11H,1,3-8H2/q+1. The molecule has 0 aromatic carbocycles. The molecule has 1 heterocycles. The summed E-state index contributed by atoms with van der Waals surface area (Å²) >= 11 is 0. The van der Waals surface area contributed by atoms with Crippen molar-refractivity contribution in [3.63, 3.8) is 0 Å². The van der Waals surface area contributed by atoms with Crippen molar-refractivity contribution in [1.29, 1.82) is 0 Å². The van der Waals surface area contributed by atoms with Crippen molar-refractivity contribution in [2.45, 2.75) is 134 Å². The van der Waals surface area contributed by atoms with Crippen LogP contribution in [-0.4, -0.2) is 99.6 Å². The monoisotopic (exact) mass is 997 g/mol. The van der Waals surface area contributed by atoms with Crippen LogP contribution in [0.15, 0.2) is 25.3 Å². The molecule has 366 valence electrons. The van der Waals surface area contributed by atoms with Gasteiger partial charge in [0.25, 0.3) is 0 Å². The molecule has 1 aromatic rings. The van der Waals surface area contributed by atoms with E-state index in [1.54, 1.807) is 0 Å². The maximum Gasteiger partial charge on any atom is 0.460 e. The van der Waals surface area contributed by atoms with Gasteiger partial charge in [0, 0.05) is 6.42 Å². The maximum absolute atomic E-state index is 14.2. The van der Waals surface area contributed by atoms with Gasteiger partial charge in [-0.25, -0.2) is 9.13 Å². The highest BCUT2D eigenvalue weighted by Crippen LogP contribution is 2.70. The largest absolute Gasteiger partial charge is 0.460 e. The van der Waals surface area contributed by atoms with E-state index >= 15 is 0 Å². The Balaban J connectivity index is 3.70. The van der Waals surface area contributed by atoms with E-state index in [2.05, 4.69) is 6.58 Å². The summed E-state index contributed by atoms with van der Waals surface area (Å²) in [6.07, 6.45) is -8.72. The second-order valence-corrected chi connectivity index (χ2v) is 12.7. The third-order valence-corrected chi connectivity index (χ3v) is 8.52. The number of imidazole rings is 1. The molecule has 0 spiro atoms. The molecule has 62 heavy (non-hydrogen) atoms. The summed E-state index contributed by atoms with van der Waals surface area (Å²) in [5, 5.41) is 0. The zero-order valence-electron chi connectivity index (χ0n) is 28.6. The van der Waals surface area contributed by atoms with E-state index in [1.165, 1.54) is 34.1 Å². The molecule has 0 unspecified atom stereocenters. The number of hydrogen-bond acceptors (Lipinski definition) is 0. The zero-order chi connectivity index (χ0) is 50.2. The van der Waals surface area contributed by atoms with Gasteiger partial charge >= 0.3 is 95.0 Å². The average Bonchev–Trinajstić information content (AvgIpc) is 3.55. The second kappa shape index (κ2) is 15.7.